The number of benzene rings is 2. The number of anilines is 2. The van der Waals surface area contributed by atoms with Gasteiger partial charge in [-0.1, -0.05) is 12.1 Å². The molecule has 140 valence electrons. The van der Waals surface area contributed by atoms with E-state index < -0.39 is 0 Å². The summed E-state index contributed by atoms with van der Waals surface area (Å²) < 4.78 is 5.15. The number of methoxy groups -OCH3 is 1. The standard InChI is InChI=1S/C21H23N3O3/c1-27-16-7-4-14(5-8-16)10-11-22-20(25)15-6-9-18-17(13-15)23-21(26)19-3-2-12-24(18)19/h4-9,13,19H,2-3,10-12H2,1H3,(H,22,25)(H,23,26)/t19-/m0/s1. The molecule has 2 aromatic carbocycles. The number of fused-ring (bicyclic) bond motifs is 3. The second-order valence-corrected chi connectivity index (χ2v) is 6.93. The second-order valence-electron chi connectivity index (χ2n) is 6.93. The highest BCUT2D eigenvalue weighted by atomic mass is 16.5. The van der Waals surface area contributed by atoms with Gasteiger partial charge < -0.3 is 20.3 Å². The third-order valence-corrected chi connectivity index (χ3v) is 5.24. The molecule has 27 heavy (non-hydrogen) atoms. The Hall–Kier alpha value is -3.02. The first kappa shape index (κ1) is 17.4. The van der Waals surface area contributed by atoms with Crippen LogP contribution in [0.4, 0.5) is 11.4 Å². The second kappa shape index (κ2) is 7.31. The molecular weight excluding hydrogens is 342 g/mol. The van der Waals surface area contributed by atoms with Crippen LogP contribution in [0.25, 0.3) is 0 Å². The number of carbonyl (C=O) groups is 2. The van der Waals surface area contributed by atoms with Crippen molar-refractivity contribution in [3.05, 3.63) is 53.6 Å². The number of nitrogens with zero attached hydrogens (tertiary/aromatic N) is 1. The zero-order chi connectivity index (χ0) is 18.8. The third kappa shape index (κ3) is 3.47. The molecule has 1 saturated heterocycles. The van der Waals surface area contributed by atoms with E-state index in [1.54, 1.807) is 13.2 Å². The summed E-state index contributed by atoms with van der Waals surface area (Å²) in [7, 11) is 1.64. The molecule has 0 unspecified atom stereocenters. The highest BCUT2D eigenvalue weighted by Crippen LogP contribution is 2.37. The topological polar surface area (TPSA) is 70.7 Å². The number of amides is 2. The van der Waals surface area contributed by atoms with Gasteiger partial charge in [0.1, 0.15) is 11.8 Å². The lowest BCUT2D eigenvalue weighted by molar-refractivity contribution is -0.117. The van der Waals surface area contributed by atoms with E-state index in [2.05, 4.69) is 15.5 Å². The zero-order valence-electron chi connectivity index (χ0n) is 15.3. The average Bonchev–Trinajstić information content (AvgIpc) is 3.19. The predicted molar refractivity (Wildman–Crippen MR) is 104 cm³/mol. The van der Waals surface area contributed by atoms with Crippen molar-refractivity contribution in [1.82, 2.24) is 5.32 Å². The van der Waals surface area contributed by atoms with Crippen molar-refractivity contribution in [3.8, 4) is 5.75 Å². The molecule has 0 saturated carbocycles. The molecule has 0 bridgehead atoms. The van der Waals surface area contributed by atoms with E-state index in [0.717, 1.165) is 48.5 Å². The van der Waals surface area contributed by atoms with E-state index in [1.807, 2.05) is 36.4 Å². The van der Waals surface area contributed by atoms with Crippen molar-refractivity contribution < 1.29 is 14.3 Å². The molecule has 6 nitrogen and oxygen atoms in total. The Morgan fingerprint density at radius 1 is 1.26 bits per heavy atom. The summed E-state index contributed by atoms with van der Waals surface area (Å²) in [6.07, 6.45) is 2.65. The molecule has 0 aromatic heterocycles. The molecule has 2 N–H and O–H groups in total. The monoisotopic (exact) mass is 365 g/mol. The number of nitrogens with one attached hydrogen (secondary N) is 2. The first-order valence-electron chi connectivity index (χ1n) is 9.28. The summed E-state index contributed by atoms with van der Waals surface area (Å²) in [5.74, 6) is 0.709. The van der Waals surface area contributed by atoms with Crippen molar-refractivity contribution in [2.45, 2.75) is 25.3 Å². The predicted octanol–water partition coefficient (Wildman–Crippen LogP) is 2.59. The van der Waals surface area contributed by atoms with E-state index in [0.29, 0.717) is 12.1 Å². The quantitative estimate of drug-likeness (QED) is 0.854. The van der Waals surface area contributed by atoms with Crippen molar-refractivity contribution in [3.63, 3.8) is 0 Å². The van der Waals surface area contributed by atoms with Gasteiger partial charge in [-0.05, 0) is 55.2 Å². The van der Waals surface area contributed by atoms with Crippen molar-refractivity contribution in [2.24, 2.45) is 0 Å². The first-order valence-corrected chi connectivity index (χ1v) is 9.28. The molecule has 2 amide bonds. The minimum Gasteiger partial charge on any atom is -0.497 e. The molecule has 2 aromatic rings. The SMILES string of the molecule is COc1ccc(CCNC(=O)c2ccc3c(c2)NC(=O)[C@@H]2CCCN32)cc1. The molecule has 2 aliphatic rings. The Bertz CT molecular complexity index is 863. The fourth-order valence-electron chi connectivity index (χ4n) is 3.79. The molecule has 0 spiro atoms. The van der Waals surface area contributed by atoms with Crippen LogP contribution in [0.1, 0.15) is 28.8 Å². The van der Waals surface area contributed by atoms with Gasteiger partial charge in [-0.3, -0.25) is 9.59 Å². The van der Waals surface area contributed by atoms with Gasteiger partial charge in [-0.2, -0.15) is 0 Å². The number of ether oxygens (including phenoxy) is 1. The lowest BCUT2D eigenvalue weighted by Gasteiger charge is -2.33. The molecule has 0 aliphatic carbocycles. The Kier molecular flexibility index (Phi) is 4.71. The average molecular weight is 365 g/mol. The number of hydrogen-bond donors (Lipinski definition) is 2. The number of carbonyl (C=O) groups excluding carboxylic acids is 2. The van der Waals surface area contributed by atoms with Crippen molar-refractivity contribution >= 4 is 23.2 Å². The van der Waals surface area contributed by atoms with Gasteiger partial charge in [-0.15, -0.1) is 0 Å². The van der Waals surface area contributed by atoms with E-state index in [4.69, 9.17) is 4.74 Å². The summed E-state index contributed by atoms with van der Waals surface area (Å²) >= 11 is 0. The molecule has 1 fully saturated rings. The smallest absolute Gasteiger partial charge is 0.251 e. The largest absolute Gasteiger partial charge is 0.497 e. The molecule has 1 atom stereocenters. The lowest BCUT2D eigenvalue weighted by Crippen LogP contribution is -2.44. The Labute approximate surface area is 158 Å². The van der Waals surface area contributed by atoms with Gasteiger partial charge in [0.15, 0.2) is 0 Å². The summed E-state index contributed by atoms with van der Waals surface area (Å²) in [5.41, 5.74) is 3.42. The van der Waals surface area contributed by atoms with Crippen LogP contribution >= 0.6 is 0 Å². The number of hydrogen-bond acceptors (Lipinski definition) is 4. The van der Waals surface area contributed by atoms with Gasteiger partial charge in [0, 0.05) is 18.7 Å². The molecule has 6 heteroatoms. The number of rotatable bonds is 5. The molecule has 4 rings (SSSR count). The van der Waals surface area contributed by atoms with E-state index in [1.165, 1.54) is 0 Å². The van der Waals surface area contributed by atoms with Gasteiger partial charge in [0.2, 0.25) is 5.91 Å². The van der Waals surface area contributed by atoms with Crippen LogP contribution in [-0.2, 0) is 11.2 Å². The zero-order valence-corrected chi connectivity index (χ0v) is 15.3. The van der Waals surface area contributed by atoms with Crippen molar-refractivity contribution in [1.29, 1.82) is 0 Å². The maximum atomic E-state index is 12.5. The van der Waals surface area contributed by atoms with Crippen LogP contribution in [0.3, 0.4) is 0 Å². The highest BCUT2D eigenvalue weighted by molar-refractivity contribution is 6.06. The van der Waals surface area contributed by atoms with Gasteiger partial charge in [-0.25, -0.2) is 0 Å². The summed E-state index contributed by atoms with van der Waals surface area (Å²) in [5, 5.41) is 5.89. The van der Waals surface area contributed by atoms with E-state index in [-0.39, 0.29) is 17.9 Å². The van der Waals surface area contributed by atoms with E-state index in [9.17, 15) is 9.59 Å². The van der Waals surface area contributed by atoms with Crippen LogP contribution in [-0.4, -0.2) is 38.1 Å². The van der Waals surface area contributed by atoms with Crippen LogP contribution < -0.4 is 20.3 Å². The molecular formula is C21H23N3O3. The first-order chi connectivity index (χ1) is 13.2. The highest BCUT2D eigenvalue weighted by Gasteiger charge is 2.36. The summed E-state index contributed by atoms with van der Waals surface area (Å²) in [4.78, 5) is 26.8. The maximum Gasteiger partial charge on any atom is 0.251 e. The molecule has 2 aliphatic heterocycles. The van der Waals surface area contributed by atoms with Crippen molar-refractivity contribution in [2.75, 3.05) is 30.4 Å². The molecule has 2 heterocycles. The fourth-order valence-corrected chi connectivity index (χ4v) is 3.79. The minimum absolute atomic E-state index is 0.0251. The van der Waals surface area contributed by atoms with Crippen LogP contribution in [0.15, 0.2) is 42.5 Å². The van der Waals surface area contributed by atoms with E-state index >= 15 is 0 Å². The van der Waals surface area contributed by atoms with Crippen LogP contribution in [0.2, 0.25) is 0 Å². The third-order valence-electron chi connectivity index (χ3n) is 5.24. The normalized spacial score (nSPS) is 17.7. The summed E-state index contributed by atoms with van der Waals surface area (Å²) in [6.45, 7) is 1.43. The van der Waals surface area contributed by atoms with Crippen LogP contribution in [0, 0.1) is 0 Å². The summed E-state index contributed by atoms with van der Waals surface area (Å²) in [6, 6.07) is 13.3. The van der Waals surface area contributed by atoms with Crippen LogP contribution in [0.5, 0.6) is 5.75 Å². The van der Waals surface area contributed by atoms with Gasteiger partial charge in [0.05, 0.1) is 18.5 Å². The fraction of sp³-hybridized carbons (Fsp3) is 0.333. The Balaban J connectivity index is 1.39. The van der Waals surface area contributed by atoms with Gasteiger partial charge in [0.25, 0.3) is 5.91 Å². The van der Waals surface area contributed by atoms with Gasteiger partial charge >= 0.3 is 0 Å². The lowest BCUT2D eigenvalue weighted by atomic mass is 10.1. The Morgan fingerprint density at radius 3 is 2.85 bits per heavy atom. The minimum atomic E-state index is -0.135. The molecule has 0 radical (unpaired) electrons. The Morgan fingerprint density at radius 2 is 2.07 bits per heavy atom. The maximum absolute atomic E-state index is 12.5.